The van der Waals surface area contributed by atoms with Crippen molar-refractivity contribution in [3.63, 3.8) is 0 Å². The molecule has 0 atom stereocenters. The van der Waals surface area contributed by atoms with Crippen molar-refractivity contribution in [3.05, 3.63) is 12.3 Å². The van der Waals surface area contributed by atoms with Crippen LogP contribution in [0.25, 0.3) is 0 Å². The Morgan fingerprint density at radius 2 is 2.24 bits per heavy atom. The first-order valence-electron chi connectivity index (χ1n) is 4.88. The van der Waals surface area contributed by atoms with Crippen LogP contribution in [0.1, 0.15) is 12.8 Å². The fourth-order valence-electron chi connectivity index (χ4n) is 1.10. The van der Waals surface area contributed by atoms with E-state index in [1.807, 2.05) is 0 Å². The summed E-state index contributed by atoms with van der Waals surface area (Å²) < 4.78 is 41.1. The van der Waals surface area contributed by atoms with Gasteiger partial charge >= 0.3 is 12.1 Å². The molecule has 0 saturated heterocycles. The molecule has 0 unspecified atom stereocenters. The van der Waals surface area contributed by atoms with Crippen molar-refractivity contribution in [2.45, 2.75) is 25.6 Å². The third kappa shape index (κ3) is 5.79. The van der Waals surface area contributed by atoms with E-state index in [9.17, 15) is 18.0 Å². The quantitative estimate of drug-likeness (QED) is 0.633. The van der Waals surface area contributed by atoms with Crippen LogP contribution in [0.4, 0.5) is 19.0 Å². The van der Waals surface area contributed by atoms with Gasteiger partial charge in [0.15, 0.2) is 0 Å². The maximum Gasteiger partial charge on any atom is 0.389 e. The molecule has 1 rings (SSSR count). The van der Waals surface area contributed by atoms with Gasteiger partial charge in [-0.3, -0.25) is 9.48 Å². The van der Waals surface area contributed by atoms with Crippen molar-refractivity contribution in [1.29, 1.82) is 0 Å². The molecular formula is C9H12F3N3O2. The van der Waals surface area contributed by atoms with Crippen molar-refractivity contribution >= 4 is 11.8 Å². The average Bonchev–Trinajstić information content (AvgIpc) is 2.57. The van der Waals surface area contributed by atoms with Crippen molar-refractivity contribution in [2.24, 2.45) is 0 Å². The van der Waals surface area contributed by atoms with Crippen LogP contribution in [0.15, 0.2) is 12.3 Å². The van der Waals surface area contributed by atoms with Crippen LogP contribution >= 0.6 is 0 Å². The lowest BCUT2D eigenvalue weighted by molar-refractivity contribution is -0.150. The highest BCUT2D eigenvalue weighted by Gasteiger charge is 2.26. The third-order valence-corrected chi connectivity index (χ3v) is 1.82. The minimum Gasteiger partial charge on any atom is -0.464 e. The van der Waals surface area contributed by atoms with Gasteiger partial charge in [-0.15, -0.1) is 0 Å². The van der Waals surface area contributed by atoms with Crippen molar-refractivity contribution in [3.8, 4) is 0 Å². The highest BCUT2D eigenvalue weighted by atomic mass is 19.4. The number of carbonyl (C=O) groups is 1. The molecule has 0 radical (unpaired) electrons. The van der Waals surface area contributed by atoms with Gasteiger partial charge in [-0.25, -0.2) is 0 Å². The maximum absolute atomic E-state index is 11.8. The van der Waals surface area contributed by atoms with E-state index in [1.165, 1.54) is 16.9 Å². The molecule has 0 aliphatic carbocycles. The largest absolute Gasteiger partial charge is 0.464 e. The van der Waals surface area contributed by atoms with E-state index in [0.717, 1.165) is 0 Å². The normalized spacial score (nSPS) is 11.5. The smallest absolute Gasteiger partial charge is 0.389 e. The van der Waals surface area contributed by atoms with Crippen LogP contribution in [0, 0.1) is 0 Å². The number of esters is 1. The molecule has 8 heteroatoms. The number of hydrogen-bond donors (Lipinski definition) is 1. The van der Waals surface area contributed by atoms with E-state index >= 15 is 0 Å². The molecule has 1 aromatic heterocycles. The first kappa shape index (κ1) is 13.3. The van der Waals surface area contributed by atoms with Gasteiger partial charge in [0.1, 0.15) is 12.4 Å². The monoisotopic (exact) mass is 251 g/mol. The van der Waals surface area contributed by atoms with Crippen LogP contribution in [-0.2, 0) is 16.1 Å². The highest BCUT2D eigenvalue weighted by molar-refractivity contribution is 5.69. The Hall–Kier alpha value is -1.73. The van der Waals surface area contributed by atoms with Crippen LogP contribution in [-0.4, -0.2) is 28.5 Å². The Balaban J connectivity index is 2.18. The summed E-state index contributed by atoms with van der Waals surface area (Å²) >= 11 is 0. The fraction of sp³-hybridized carbons (Fsp3) is 0.556. The van der Waals surface area contributed by atoms with Gasteiger partial charge in [-0.2, -0.15) is 18.3 Å². The SMILES string of the molecule is Nc1ccn(CC(=O)OCCCC(F)(F)F)n1. The van der Waals surface area contributed by atoms with Crippen molar-refractivity contribution in [1.82, 2.24) is 9.78 Å². The zero-order chi connectivity index (χ0) is 12.9. The van der Waals surface area contributed by atoms with E-state index in [2.05, 4.69) is 9.84 Å². The van der Waals surface area contributed by atoms with Crippen LogP contribution in [0.3, 0.4) is 0 Å². The van der Waals surface area contributed by atoms with Gasteiger partial charge in [-0.1, -0.05) is 0 Å². The predicted molar refractivity (Wildman–Crippen MR) is 52.9 cm³/mol. The number of halogens is 3. The summed E-state index contributed by atoms with van der Waals surface area (Å²) in [5.74, 6) is -0.384. The lowest BCUT2D eigenvalue weighted by Gasteiger charge is -2.07. The summed E-state index contributed by atoms with van der Waals surface area (Å²) in [5, 5.41) is 3.73. The van der Waals surface area contributed by atoms with Gasteiger partial charge in [0.2, 0.25) is 0 Å². The number of anilines is 1. The summed E-state index contributed by atoms with van der Waals surface area (Å²) in [5.41, 5.74) is 5.31. The Morgan fingerprint density at radius 1 is 1.53 bits per heavy atom. The number of carbonyl (C=O) groups excluding carboxylic acids is 1. The molecule has 5 nitrogen and oxygen atoms in total. The first-order valence-corrected chi connectivity index (χ1v) is 4.88. The molecule has 1 heterocycles. The topological polar surface area (TPSA) is 70.1 Å². The summed E-state index contributed by atoms with van der Waals surface area (Å²) in [7, 11) is 0. The number of rotatable bonds is 5. The number of alkyl halides is 3. The molecule has 0 spiro atoms. The Morgan fingerprint density at radius 3 is 2.76 bits per heavy atom. The van der Waals surface area contributed by atoms with Gasteiger partial charge in [-0.05, 0) is 12.5 Å². The first-order chi connectivity index (χ1) is 7.87. The molecule has 0 aromatic carbocycles. The summed E-state index contributed by atoms with van der Waals surface area (Å²) in [6, 6.07) is 1.50. The standard InChI is InChI=1S/C9H12F3N3O2/c10-9(11,12)3-1-5-17-8(16)6-15-4-2-7(13)14-15/h2,4H,1,3,5-6H2,(H2,13,14). The average molecular weight is 251 g/mol. The zero-order valence-corrected chi connectivity index (χ0v) is 8.91. The van der Waals surface area contributed by atoms with Crippen molar-refractivity contribution in [2.75, 3.05) is 12.3 Å². The highest BCUT2D eigenvalue weighted by Crippen LogP contribution is 2.20. The van der Waals surface area contributed by atoms with E-state index in [1.54, 1.807) is 0 Å². The maximum atomic E-state index is 11.8. The van der Waals surface area contributed by atoms with Crippen LogP contribution in [0.2, 0.25) is 0 Å². The van der Waals surface area contributed by atoms with E-state index in [0.29, 0.717) is 0 Å². The molecule has 1 aromatic rings. The molecule has 0 aliphatic rings. The van der Waals surface area contributed by atoms with Crippen molar-refractivity contribution < 1.29 is 22.7 Å². The molecule has 0 bridgehead atoms. The van der Waals surface area contributed by atoms with E-state index in [4.69, 9.17) is 5.73 Å². The van der Waals surface area contributed by atoms with Crippen LogP contribution < -0.4 is 5.73 Å². The molecule has 0 amide bonds. The summed E-state index contributed by atoms with van der Waals surface area (Å²) in [6.07, 6.45) is -3.94. The number of ether oxygens (including phenoxy) is 1. The number of aromatic nitrogens is 2. The van der Waals surface area contributed by atoms with Crippen LogP contribution in [0.5, 0.6) is 0 Å². The second-order valence-corrected chi connectivity index (χ2v) is 3.38. The zero-order valence-electron chi connectivity index (χ0n) is 8.91. The van der Waals surface area contributed by atoms with Gasteiger partial charge < -0.3 is 10.5 Å². The molecular weight excluding hydrogens is 239 g/mol. The molecule has 0 aliphatic heterocycles. The molecule has 17 heavy (non-hydrogen) atoms. The van der Waals surface area contributed by atoms with Gasteiger partial charge in [0, 0.05) is 12.6 Å². The predicted octanol–water partition coefficient (Wildman–Crippen LogP) is 1.35. The Bertz CT molecular complexity index is 376. The van der Waals surface area contributed by atoms with Gasteiger partial charge in [0.05, 0.1) is 6.61 Å². The molecule has 0 saturated carbocycles. The van der Waals surface area contributed by atoms with E-state index in [-0.39, 0.29) is 25.4 Å². The Labute approximate surface area is 95.3 Å². The lowest BCUT2D eigenvalue weighted by atomic mass is 10.3. The minimum absolute atomic E-state index is 0.163. The number of nitrogens with two attached hydrogens (primary N) is 1. The number of nitrogen functional groups attached to an aromatic ring is 1. The summed E-state index contributed by atoms with van der Waals surface area (Å²) in [4.78, 5) is 11.1. The summed E-state index contributed by atoms with van der Waals surface area (Å²) in [6.45, 7) is -0.418. The third-order valence-electron chi connectivity index (χ3n) is 1.82. The minimum atomic E-state index is -4.22. The lowest BCUT2D eigenvalue weighted by Crippen LogP contribution is -2.16. The second kappa shape index (κ2) is 5.55. The molecule has 0 fully saturated rings. The second-order valence-electron chi connectivity index (χ2n) is 3.38. The number of nitrogens with zero attached hydrogens (tertiary/aromatic N) is 2. The molecule has 96 valence electrons. The Kier molecular flexibility index (Phi) is 4.36. The van der Waals surface area contributed by atoms with Gasteiger partial charge in [0.25, 0.3) is 0 Å². The molecule has 2 N–H and O–H groups in total. The number of hydrogen-bond acceptors (Lipinski definition) is 4. The fourth-order valence-corrected chi connectivity index (χ4v) is 1.10. The van der Waals surface area contributed by atoms with E-state index < -0.39 is 18.6 Å².